The summed E-state index contributed by atoms with van der Waals surface area (Å²) in [7, 11) is 0. The van der Waals surface area contributed by atoms with Crippen LogP contribution in [0.5, 0.6) is 5.75 Å². The molecule has 21 heavy (non-hydrogen) atoms. The van der Waals surface area contributed by atoms with Crippen molar-refractivity contribution >= 4 is 5.57 Å². The number of phenols is 1. The van der Waals surface area contributed by atoms with E-state index in [4.69, 9.17) is 0 Å². The molecule has 3 rings (SSSR count). The number of hydrogen-bond acceptors (Lipinski definition) is 1. The van der Waals surface area contributed by atoms with Crippen LogP contribution in [0.3, 0.4) is 0 Å². The number of phenolic OH excluding ortho intramolecular Hbond substituents is 1. The Labute approximate surface area is 129 Å². The Balaban J connectivity index is 2.19. The molecule has 0 saturated heterocycles. The maximum absolute atomic E-state index is 10.3. The Morgan fingerprint density at radius 3 is 2.62 bits per heavy atom. The molecule has 0 unspecified atom stereocenters. The first-order valence-corrected chi connectivity index (χ1v) is 8.28. The van der Waals surface area contributed by atoms with Crippen LogP contribution in [-0.4, -0.2) is 5.11 Å². The van der Waals surface area contributed by atoms with E-state index in [2.05, 4.69) is 33.4 Å². The highest BCUT2D eigenvalue weighted by Gasteiger charge is 2.50. The molecule has 1 fully saturated rings. The lowest BCUT2D eigenvalue weighted by molar-refractivity contribution is 0.0406. The zero-order valence-electron chi connectivity index (χ0n) is 13.9. The minimum atomic E-state index is 0.257. The summed E-state index contributed by atoms with van der Waals surface area (Å²) >= 11 is 0. The van der Waals surface area contributed by atoms with Crippen molar-refractivity contribution in [2.45, 2.75) is 65.2 Å². The van der Waals surface area contributed by atoms with Gasteiger partial charge in [-0.3, -0.25) is 0 Å². The summed E-state index contributed by atoms with van der Waals surface area (Å²) in [6.07, 6.45) is 6.24. The van der Waals surface area contributed by atoms with E-state index in [0.29, 0.717) is 11.2 Å². The highest BCUT2D eigenvalue weighted by molar-refractivity contribution is 5.72. The van der Waals surface area contributed by atoms with E-state index in [1.54, 1.807) is 0 Å². The monoisotopic (exact) mass is 284 g/mol. The molecule has 1 N–H and O–H groups in total. The van der Waals surface area contributed by atoms with Crippen LogP contribution < -0.4 is 0 Å². The molecule has 2 aliphatic rings. The summed E-state index contributed by atoms with van der Waals surface area (Å²) in [4.78, 5) is 0. The summed E-state index contributed by atoms with van der Waals surface area (Å²) in [5.74, 6) is 1.15. The van der Waals surface area contributed by atoms with Crippen LogP contribution >= 0.6 is 0 Å². The van der Waals surface area contributed by atoms with E-state index in [1.807, 2.05) is 13.0 Å². The second-order valence-electron chi connectivity index (χ2n) is 8.12. The van der Waals surface area contributed by atoms with Crippen LogP contribution in [0.15, 0.2) is 18.7 Å². The third kappa shape index (κ3) is 2.05. The zero-order valence-corrected chi connectivity index (χ0v) is 13.9. The average Bonchev–Trinajstić information content (AvgIpc) is 2.36. The lowest BCUT2D eigenvalue weighted by atomic mass is 9.50. The Kier molecular flexibility index (Phi) is 3.24. The van der Waals surface area contributed by atoms with Gasteiger partial charge in [-0.25, -0.2) is 0 Å². The van der Waals surface area contributed by atoms with Crippen molar-refractivity contribution in [1.82, 2.24) is 0 Å². The number of fused-ring (bicyclic) bond motifs is 3. The molecular formula is C20H28O. The fourth-order valence-corrected chi connectivity index (χ4v) is 5.35. The second kappa shape index (κ2) is 4.63. The predicted molar refractivity (Wildman–Crippen MR) is 89.6 cm³/mol. The molecule has 0 bridgehead atoms. The topological polar surface area (TPSA) is 20.2 Å². The summed E-state index contributed by atoms with van der Waals surface area (Å²) in [5.41, 5.74) is 5.51. The molecule has 1 nitrogen and oxygen atoms in total. The number of rotatable bonds is 1. The van der Waals surface area contributed by atoms with Crippen molar-refractivity contribution in [3.8, 4) is 5.75 Å². The van der Waals surface area contributed by atoms with Crippen LogP contribution in [0, 0.1) is 11.3 Å². The lowest BCUT2D eigenvalue weighted by Crippen LogP contribution is -2.48. The van der Waals surface area contributed by atoms with E-state index in [9.17, 15) is 5.11 Å². The van der Waals surface area contributed by atoms with Crippen LogP contribution in [-0.2, 0) is 11.8 Å². The minimum Gasteiger partial charge on any atom is -0.507 e. The Morgan fingerprint density at radius 1 is 1.24 bits per heavy atom. The summed E-state index contributed by atoms with van der Waals surface area (Å²) in [6, 6.07) is 4.07. The van der Waals surface area contributed by atoms with E-state index in [-0.39, 0.29) is 5.41 Å². The van der Waals surface area contributed by atoms with E-state index >= 15 is 0 Å². The van der Waals surface area contributed by atoms with Crippen LogP contribution in [0.25, 0.3) is 5.57 Å². The van der Waals surface area contributed by atoms with Gasteiger partial charge in [0, 0.05) is 5.56 Å². The zero-order chi connectivity index (χ0) is 15.4. The number of hydrogen-bond donors (Lipinski definition) is 1. The molecule has 1 heteroatoms. The van der Waals surface area contributed by atoms with Gasteiger partial charge in [-0.15, -0.1) is 0 Å². The molecule has 2 aliphatic carbocycles. The quantitative estimate of drug-likeness (QED) is 0.726. The van der Waals surface area contributed by atoms with E-state index in [1.165, 1.54) is 36.8 Å². The summed E-state index contributed by atoms with van der Waals surface area (Å²) in [6.45, 7) is 13.4. The van der Waals surface area contributed by atoms with Gasteiger partial charge in [0.15, 0.2) is 0 Å². The first kappa shape index (κ1) is 14.7. The van der Waals surface area contributed by atoms with Gasteiger partial charge in [0.1, 0.15) is 5.75 Å². The number of allylic oxidation sites excluding steroid dienone is 1. The third-order valence-electron chi connectivity index (χ3n) is 6.25. The molecule has 0 radical (unpaired) electrons. The first-order valence-electron chi connectivity index (χ1n) is 8.28. The summed E-state index contributed by atoms with van der Waals surface area (Å²) in [5, 5.41) is 10.3. The van der Waals surface area contributed by atoms with Crippen LogP contribution in [0.4, 0.5) is 0 Å². The maximum atomic E-state index is 10.3. The smallest absolute Gasteiger partial charge is 0.123 e. The van der Waals surface area contributed by atoms with Gasteiger partial charge in [-0.1, -0.05) is 39.8 Å². The molecule has 0 spiro atoms. The van der Waals surface area contributed by atoms with Crippen molar-refractivity contribution in [2.24, 2.45) is 11.3 Å². The van der Waals surface area contributed by atoms with Gasteiger partial charge in [-0.05, 0) is 72.1 Å². The number of aromatic hydroxyl groups is 1. The van der Waals surface area contributed by atoms with Gasteiger partial charge in [0.25, 0.3) is 0 Å². The van der Waals surface area contributed by atoms with Gasteiger partial charge in [0.2, 0.25) is 0 Å². The minimum absolute atomic E-state index is 0.257. The molecular weight excluding hydrogens is 256 g/mol. The van der Waals surface area contributed by atoms with E-state index < -0.39 is 0 Å². The highest BCUT2D eigenvalue weighted by atomic mass is 16.3. The third-order valence-corrected chi connectivity index (χ3v) is 6.25. The molecule has 2 atom stereocenters. The molecule has 1 aromatic rings. The lowest BCUT2D eigenvalue weighted by Gasteiger charge is -2.54. The normalized spacial score (nSPS) is 30.4. The fraction of sp³-hybridized carbons (Fsp3) is 0.600. The van der Waals surface area contributed by atoms with Crippen molar-refractivity contribution in [3.63, 3.8) is 0 Å². The van der Waals surface area contributed by atoms with Crippen molar-refractivity contribution < 1.29 is 5.11 Å². The van der Waals surface area contributed by atoms with Gasteiger partial charge < -0.3 is 5.11 Å². The largest absolute Gasteiger partial charge is 0.507 e. The van der Waals surface area contributed by atoms with Gasteiger partial charge >= 0.3 is 0 Å². The Bertz CT molecular complexity index is 596. The Hall–Kier alpha value is -1.24. The molecule has 114 valence electrons. The molecule has 0 aliphatic heterocycles. The van der Waals surface area contributed by atoms with Gasteiger partial charge in [-0.2, -0.15) is 0 Å². The highest BCUT2D eigenvalue weighted by Crippen LogP contribution is 2.58. The molecule has 0 heterocycles. The predicted octanol–water partition coefficient (Wildman–Crippen LogP) is 5.46. The van der Waals surface area contributed by atoms with Crippen LogP contribution in [0.1, 0.15) is 70.1 Å². The average molecular weight is 284 g/mol. The molecule has 1 saturated carbocycles. The molecule has 1 aromatic carbocycles. The standard InChI is InChI=1S/C20H28O/c1-13(2)18-14-7-10-17-19(3,4)11-6-12-20(17,5)15(14)8-9-16(18)21/h8-9,17,21H,1,6-7,10-12H2,2-5H3/t17-,20+/m0/s1. The molecule has 0 aromatic heterocycles. The fourth-order valence-electron chi connectivity index (χ4n) is 5.35. The van der Waals surface area contributed by atoms with Crippen molar-refractivity contribution in [2.75, 3.05) is 0 Å². The second-order valence-corrected chi connectivity index (χ2v) is 8.12. The van der Waals surface area contributed by atoms with Gasteiger partial charge in [0.05, 0.1) is 0 Å². The maximum Gasteiger partial charge on any atom is 0.123 e. The summed E-state index contributed by atoms with van der Waals surface area (Å²) < 4.78 is 0. The van der Waals surface area contributed by atoms with Crippen molar-refractivity contribution in [3.05, 3.63) is 35.4 Å². The van der Waals surface area contributed by atoms with Crippen LogP contribution in [0.2, 0.25) is 0 Å². The number of benzene rings is 1. The van der Waals surface area contributed by atoms with E-state index in [0.717, 1.165) is 23.5 Å². The Morgan fingerprint density at radius 2 is 1.95 bits per heavy atom. The first-order chi connectivity index (χ1) is 9.77. The molecule has 0 amide bonds. The SMILES string of the molecule is C=C(C)c1c(O)ccc2c1CC[C@H]1C(C)(C)CCC[C@]21C. The van der Waals surface area contributed by atoms with Crippen molar-refractivity contribution in [1.29, 1.82) is 0 Å².